The third-order valence-electron chi connectivity index (χ3n) is 7.36. The molecule has 2 atom stereocenters. The quantitative estimate of drug-likeness (QED) is 0.467. The van der Waals surface area contributed by atoms with Crippen LogP contribution in [0.2, 0.25) is 0 Å². The van der Waals surface area contributed by atoms with E-state index in [1.807, 2.05) is 29.0 Å². The lowest BCUT2D eigenvalue weighted by Gasteiger charge is -2.40. The number of hydrogen-bond acceptors (Lipinski definition) is 9. The molecule has 0 radical (unpaired) electrons. The first kappa shape index (κ1) is 26.8. The molecular formula is C25H30F3N7OS2. The Morgan fingerprint density at radius 3 is 2.34 bits per heavy atom. The largest absolute Gasteiger partial charge is 0.419 e. The Hall–Kier alpha value is -2.80. The lowest BCUT2D eigenvalue weighted by molar-refractivity contribution is -0.142. The molecule has 3 aromatic heterocycles. The summed E-state index contributed by atoms with van der Waals surface area (Å²) in [6.45, 7) is 6.03. The summed E-state index contributed by atoms with van der Waals surface area (Å²) in [5, 5.41) is 3.65. The number of hydrogen-bond donors (Lipinski definition) is 1. The maximum Gasteiger partial charge on any atom is 0.419 e. The number of rotatable bonds is 3. The van der Waals surface area contributed by atoms with E-state index < -0.39 is 11.7 Å². The number of piperidine rings is 1. The van der Waals surface area contributed by atoms with Crippen LogP contribution in [0.3, 0.4) is 0 Å². The highest BCUT2D eigenvalue weighted by Crippen LogP contribution is 2.35. The van der Waals surface area contributed by atoms with Crippen molar-refractivity contribution in [2.45, 2.75) is 58.2 Å². The Kier molecular flexibility index (Phi) is 7.58. The topological polar surface area (TPSA) is 101 Å². The maximum absolute atomic E-state index is 12.7. The van der Waals surface area contributed by atoms with Gasteiger partial charge >= 0.3 is 6.18 Å². The van der Waals surface area contributed by atoms with Crippen LogP contribution in [-0.4, -0.2) is 56.4 Å². The molecule has 3 saturated heterocycles. The van der Waals surface area contributed by atoms with Crippen molar-refractivity contribution in [1.82, 2.24) is 24.8 Å². The van der Waals surface area contributed by atoms with E-state index in [-0.39, 0.29) is 17.9 Å². The van der Waals surface area contributed by atoms with Crippen molar-refractivity contribution in [1.29, 1.82) is 0 Å². The van der Waals surface area contributed by atoms with E-state index in [4.69, 9.17) is 5.73 Å². The number of thiazole rings is 2. The molecule has 6 heterocycles. The monoisotopic (exact) mass is 565 g/mol. The number of anilines is 2. The summed E-state index contributed by atoms with van der Waals surface area (Å²) >= 11 is 3.12. The molecule has 38 heavy (non-hydrogen) atoms. The van der Waals surface area contributed by atoms with Crippen molar-refractivity contribution in [3.63, 3.8) is 0 Å². The third-order valence-corrected chi connectivity index (χ3v) is 9.13. The molecule has 7 rings (SSSR count). The number of aromatic nitrogens is 4. The molecule has 0 spiro atoms. The summed E-state index contributed by atoms with van der Waals surface area (Å²) in [6.07, 6.45) is 2.33. The Balaban J connectivity index is 0.000000190. The van der Waals surface area contributed by atoms with Gasteiger partial charge in [0.1, 0.15) is 0 Å². The van der Waals surface area contributed by atoms with Gasteiger partial charge < -0.3 is 15.5 Å². The average molecular weight is 566 g/mol. The van der Waals surface area contributed by atoms with Crippen LogP contribution in [-0.2, 0) is 11.0 Å². The van der Waals surface area contributed by atoms with Crippen molar-refractivity contribution < 1.29 is 18.0 Å². The first-order valence-corrected chi connectivity index (χ1v) is 14.4. The molecule has 1 saturated carbocycles. The maximum atomic E-state index is 12.7. The van der Waals surface area contributed by atoms with E-state index >= 15 is 0 Å². The van der Waals surface area contributed by atoms with Gasteiger partial charge in [-0.1, -0.05) is 6.42 Å². The molecule has 204 valence electrons. The van der Waals surface area contributed by atoms with Crippen LogP contribution in [0.25, 0.3) is 10.6 Å². The van der Waals surface area contributed by atoms with Crippen molar-refractivity contribution in [2.24, 2.45) is 11.8 Å². The fraction of sp³-hybridized carbons (Fsp3) is 0.560. The van der Waals surface area contributed by atoms with E-state index in [0.717, 1.165) is 72.3 Å². The zero-order valence-electron chi connectivity index (χ0n) is 21.2. The van der Waals surface area contributed by atoms with Gasteiger partial charge in [-0.2, -0.15) is 13.2 Å². The van der Waals surface area contributed by atoms with Crippen LogP contribution in [0.4, 0.5) is 24.3 Å². The summed E-state index contributed by atoms with van der Waals surface area (Å²) in [5.74, 6) is 1.09. The lowest BCUT2D eigenvalue weighted by atomic mass is 9.83. The smallest absolute Gasteiger partial charge is 0.375 e. The molecule has 2 bridgehead atoms. The number of halogens is 3. The molecule has 0 aromatic carbocycles. The van der Waals surface area contributed by atoms with E-state index in [1.54, 1.807) is 11.3 Å². The summed E-state index contributed by atoms with van der Waals surface area (Å²) < 4.78 is 38.0. The number of aryl methyl sites for hydroxylation is 2. The minimum Gasteiger partial charge on any atom is -0.375 e. The molecule has 4 fully saturated rings. The molecule has 4 aliphatic rings. The van der Waals surface area contributed by atoms with Gasteiger partial charge in [0, 0.05) is 49.4 Å². The molecule has 0 unspecified atom stereocenters. The van der Waals surface area contributed by atoms with Crippen LogP contribution >= 0.6 is 22.7 Å². The fourth-order valence-electron chi connectivity index (χ4n) is 5.20. The number of nitrogens with zero attached hydrogens (tertiary/aromatic N) is 6. The fourth-order valence-corrected chi connectivity index (χ4v) is 6.71. The predicted octanol–water partition coefficient (Wildman–Crippen LogP) is 5.19. The zero-order valence-corrected chi connectivity index (χ0v) is 22.9. The van der Waals surface area contributed by atoms with Crippen molar-refractivity contribution >= 4 is 39.7 Å². The van der Waals surface area contributed by atoms with Crippen molar-refractivity contribution in [3.05, 3.63) is 34.0 Å². The van der Waals surface area contributed by atoms with Crippen molar-refractivity contribution in [2.75, 3.05) is 30.3 Å². The van der Waals surface area contributed by atoms with E-state index in [1.165, 1.54) is 11.3 Å². The first-order chi connectivity index (χ1) is 18.1. The first-order valence-electron chi connectivity index (χ1n) is 12.7. The Morgan fingerprint density at radius 1 is 1.05 bits per heavy atom. The Labute approximate surface area is 227 Å². The van der Waals surface area contributed by atoms with Crippen LogP contribution < -0.4 is 10.6 Å². The second-order valence-electron chi connectivity index (χ2n) is 10.1. The van der Waals surface area contributed by atoms with Gasteiger partial charge in [-0.3, -0.25) is 4.79 Å². The number of nitrogen functional groups attached to an aromatic ring is 1. The lowest BCUT2D eigenvalue weighted by Crippen LogP contribution is -2.50. The number of carbonyl (C=O) groups is 1. The second-order valence-corrected chi connectivity index (χ2v) is 12.2. The standard InChI is InChI=1S/C17H21F3N4O.C8H9N3S2/c18-17(19,20)13-6-21-16(22-7-13)23-8-11-4-5-14(10-23)24(9-11)15(25)12-2-1-3-12;1-4-7(13-5(2)10-4)6-3-12-8(9)11-6/h6-7,11-12,14H,1-5,8-10H2;3H,1-2H3,(H2,9,11)/t11-,14-;/m0./s1. The van der Waals surface area contributed by atoms with Gasteiger partial charge in [-0.15, -0.1) is 22.7 Å². The molecule has 13 heteroatoms. The van der Waals surface area contributed by atoms with Crippen LogP contribution in [0.1, 0.15) is 48.4 Å². The second kappa shape index (κ2) is 10.8. The summed E-state index contributed by atoms with van der Waals surface area (Å²) in [4.78, 5) is 34.2. The van der Waals surface area contributed by atoms with Gasteiger partial charge in [0.15, 0.2) is 5.13 Å². The SMILES string of the molecule is Cc1nc(C)c(-c2csc(N)n2)s1.O=C(C1CCC1)N1C[C@H]2CC[C@H]1CN(c1ncc(C(F)(F)F)cn1)C2. The van der Waals surface area contributed by atoms with Gasteiger partial charge in [0.2, 0.25) is 11.9 Å². The number of alkyl halides is 3. The highest BCUT2D eigenvalue weighted by atomic mass is 32.1. The predicted molar refractivity (Wildman–Crippen MR) is 142 cm³/mol. The van der Waals surface area contributed by atoms with E-state index in [0.29, 0.717) is 30.1 Å². The highest BCUT2D eigenvalue weighted by Gasteiger charge is 2.41. The van der Waals surface area contributed by atoms with Gasteiger partial charge in [-0.05, 0) is 45.4 Å². The minimum absolute atomic E-state index is 0.109. The zero-order chi connectivity index (χ0) is 27.0. The summed E-state index contributed by atoms with van der Waals surface area (Å²) in [5.41, 5.74) is 6.71. The third kappa shape index (κ3) is 5.78. The van der Waals surface area contributed by atoms with Crippen molar-refractivity contribution in [3.8, 4) is 10.6 Å². The van der Waals surface area contributed by atoms with Gasteiger partial charge in [0.05, 0.1) is 26.8 Å². The van der Waals surface area contributed by atoms with Crippen LogP contribution in [0.15, 0.2) is 17.8 Å². The highest BCUT2D eigenvalue weighted by molar-refractivity contribution is 7.16. The van der Waals surface area contributed by atoms with Crippen LogP contribution in [0.5, 0.6) is 0 Å². The van der Waals surface area contributed by atoms with Crippen LogP contribution in [0, 0.1) is 25.7 Å². The number of amides is 1. The number of nitrogens with two attached hydrogens (primary N) is 1. The summed E-state index contributed by atoms with van der Waals surface area (Å²) in [7, 11) is 0. The Bertz CT molecular complexity index is 1270. The van der Waals surface area contributed by atoms with E-state index in [2.05, 4.69) is 19.9 Å². The molecule has 2 N–H and O–H groups in total. The number of carbonyl (C=O) groups excluding carboxylic acids is 1. The summed E-state index contributed by atoms with van der Waals surface area (Å²) in [6, 6.07) is 0.109. The van der Waals surface area contributed by atoms with E-state index in [9.17, 15) is 18.0 Å². The normalized spacial score (nSPS) is 21.5. The molecular weight excluding hydrogens is 535 g/mol. The Morgan fingerprint density at radius 2 is 1.79 bits per heavy atom. The average Bonchev–Trinajstić information content (AvgIpc) is 3.27. The minimum atomic E-state index is -4.43. The molecule has 8 nitrogen and oxygen atoms in total. The molecule has 3 aliphatic heterocycles. The molecule has 1 aliphatic carbocycles. The molecule has 3 aromatic rings. The van der Waals surface area contributed by atoms with Gasteiger partial charge in [0.25, 0.3) is 0 Å². The molecule has 1 amide bonds. The van der Waals surface area contributed by atoms with Gasteiger partial charge in [-0.25, -0.2) is 19.9 Å². The number of fused-ring (bicyclic) bond motifs is 4.